The van der Waals surface area contributed by atoms with Crippen molar-refractivity contribution in [1.29, 1.82) is 0 Å². The molecule has 0 spiro atoms. The Hall–Kier alpha value is -1.43. The third-order valence-electron chi connectivity index (χ3n) is 3.87. The van der Waals surface area contributed by atoms with Gasteiger partial charge in [-0.3, -0.25) is 9.48 Å². The molecule has 21 heavy (non-hydrogen) atoms. The molecule has 1 aliphatic heterocycles. The van der Waals surface area contributed by atoms with Crippen LogP contribution in [0.15, 0.2) is 6.20 Å². The molecule has 1 N–H and O–H groups in total. The molecule has 1 unspecified atom stereocenters. The van der Waals surface area contributed by atoms with Crippen molar-refractivity contribution < 1.29 is 4.79 Å². The third-order valence-corrected chi connectivity index (χ3v) is 3.87. The molecule has 0 saturated carbocycles. The van der Waals surface area contributed by atoms with Gasteiger partial charge in [0.1, 0.15) is 0 Å². The molecule has 1 aromatic rings. The van der Waals surface area contributed by atoms with Gasteiger partial charge in [0.05, 0.1) is 6.20 Å². The number of amides is 1. The molecule has 0 bridgehead atoms. The summed E-state index contributed by atoms with van der Waals surface area (Å²) < 4.78 is 1.67. The molecule has 1 saturated heterocycles. The predicted octanol–water partition coefficient (Wildman–Crippen LogP) is 1.40. The van der Waals surface area contributed by atoms with Crippen LogP contribution in [0.25, 0.3) is 0 Å². The van der Waals surface area contributed by atoms with E-state index in [0.29, 0.717) is 17.5 Å². The summed E-state index contributed by atoms with van der Waals surface area (Å²) in [5, 5.41) is 10.8. The van der Waals surface area contributed by atoms with Crippen LogP contribution in [0.4, 0.5) is 0 Å². The number of nitrogens with one attached hydrogen (secondary N) is 1. The van der Waals surface area contributed by atoms with E-state index in [1.807, 2.05) is 6.92 Å². The fourth-order valence-corrected chi connectivity index (χ4v) is 2.88. The minimum Gasteiger partial charge on any atom is -0.350 e. The first-order chi connectivity index (χ1) is 10.1. The zero-order valence-electron chi connectivity index (χ0n) is 13.4. The number of nitrogens with zero attached hydrogens (tertiary/aromatic N) is 4. The molecule has 1 aromatic heterocycles. The van der Waals surface area contributed by atoms with Crippen molar-refractivity contribution in [2.45, 2.75) is 40.2 Å². The molecule has 0 aromatic carbocycles. The zero-order valence-corrected chi connectivity index (χ0v) is 13.4. The van der Waals surface area contributed by atoms with Crippen molar-refractivity contribution >= 4 is 5.91 Å². The summed E-state index contributed by atoms with van der Waals surface area (Å²) >= 11 is 0. The summed E-state index contributed by atoms with van der Waals surface area (Å²) in [6, 6.07) is 0. The largest absolute Gasteiger partial charge is 0.350 e. The van der Waals surface area contributed by atoms with Crippen LogP contribution in [0.2, 0.25) is 0 Å². The first-order valence-electron chi connectivity index (χ1n) is 7.99. The Labute approximate surface area is 126 Å². The Bertz CT molecular complexity index is 457. The first-order valence-corrected chi connectivity index (χ1v) is 7.99. The highest BCUT2D eigenvalue weighted by Crippen LogP contribution is 2.16. The van der Waals surface area contributed by atoms with Gasteiger partial charge >= 0.3 is 0 Å². The Morgan fingerprint density at radius 2 is 2.33 bits per heavy atom. The van der Waals surface area contributed by atoms with Crippen molar-refractivity contribution in [3.05, 3.63) is 11.9 Å². The van der Waals surface area contributed by atoms with Gasteiger partial charge in [-0.15, -0.1) is 5.10 Å². The standard InChI is InChI=1S/C15H27N5O/c1-4-20-11-14(17-18-20)15(21)16-8-13-6-5-7-19(10-13)9-12(2)3/h11-13H,4-10H2,1-3H3,(H,16,21). The highest BCUT2D eigenvalue weighted by molar-refractivity contribution is 5.91. The van der Waals surface area contributed by atoms with Crippen molar-refractivity contribution in [2.24, 2.45) is 11.8 Å². The minimum absolute atomic E-state index is 0.115. The average Bonchev–Trinajstić information content (AvgIpc) is 2.93. The number of hydrogen-bond acceptors (Lipinski definition) is 4. The lowest BCUT2D eigenvalue weighted by Crippen LogP contribution is -2.42. The van der Waals surface area contributed by atoms with Crippen LogP contribution in [0, 0.1) is 11.8 Å². The fraction of sp³-hybridized carbons (Fsp3) is 0.800. The normalized spacial score (nSPS) is 19.9. The summed E-state index contributed by atoms with van der Waals surface area (Å²) in [5.41, 5.74) is 0.409. The van der Waals surface area contributed by atoms with Crippen LogP contribution in [0.1, 0.15) is 44.1 Å². The van der Waals surface area contributed by atoms with Crippen molar-refractivity contribution in [2.75, 3.05) is 26.2 Å². The summed E-state index contributed by atoms with van der Waals surface area (Å²) in [6.45, 7) is 11.4. The number of aromatic nitrogens is 3. The summed E-state index contributed by atoms with van der Waals surface area (Å²) in [7, 11) is 0. The highest BCUT2D eigenvalue weighted by atomic mass is 16.2. The quantitative estimate of drug-likeness (QED) is 0.861. The summed E-state index contributed by atoms with van der Waals surface area (Å²) in [6.07, 6.45) is 4.11. The topological polar surface area (TPSA) is 63.1 Å². The lowest BCUT2D eigenvalue weighted by Gasteiger charge is -2.33. The molecule has 118 valence electrons. The molecule has 2 rings (SSSR count). The van der Waals surface area contributed by atoms with Gasteiger partial charge in [0.2, 0.25) is 0 Å². The van der Waals surface area contributed by atoms with Crippen molar-refractivity contribution in [1.82, 2.24) is 25.2 Å². The Balaban J connectivity index is 1.78. The Kier molecular flexibility index (Phi) is 5.73. The Morgan fingerprint density at radius 1 is 1.52 bits per heavy atom. The summed E-state index contributed by atoms with van der Waals surface area (Å²) in [5.74, 6) is 1.13. The number of carbonyl (C=O) groups is 1. The van der Waals surface area contributed by atoms with E-state index in [1.54, 1.807) is 10.9 Å². The molecule has 1 amide bonds. The molecule has 0 radical (unpaired) electrons. The summed E-state index contributed by atoms with van der Waals surface area (Å²) in [4.78, 5) is 14.5. The Morgan fingerprint density at radius 3 is 3.00 bits per heavy atom. The molecule has 2 heterocycles. The number of aryl methyl sites for hydroxylation is 1. The van der Waals surface area contributed by atoms with E-state index in [-0.39, 0.29) is 5.91 Å². The van der Waals surface area contributed by atoms with Gasteiger partial charge in [-0.1, -0.05) is 19.1 Å². The fourth-order valence-electron chi connectivity index (χ4n) is 2.88. The number of carbonyl (C=O) groups excluding carboxylic acids is 1. The lowest BCUT2D eigenvalue weighted by atomic mass is 9.97. The molecule has 6 nitrogen and oxygen atoms in total. The van der Waals surface area contributed by atoms with Crippen molar-refractivity contribution in [3.63, 3.8) is 0 Å². The number of rotatable bonds is 6. The van der Waals surface area contributed by atoms with Gasteiger partial charge in [-0.2, -0.15) is 0 Å². The van der Waals surface area contributed by atoms with E-state index in [1.165, 1.54) is 19.4 Å². The van der Waals surface area contributed by atoms with Crippen LogP contribution < -0.4 is 5.32 Å². The number of likely N-dealkylation sites (tertiary alicyclic amines) is 1. The second kappa shape index (κ2) is 7.54. The van der Waals surface area contributed by atoms with Gasteiger partial charge in [0.25, 0.3) is 5.91 Å². The lowest BCUT2D eigenvalue weighted by molar-refractivity contribution is 0.0924. The van der Waals surface area contributed by atoms with Crippen LogP contribution in [0.5, 0.6) is 0 Å². The van der Waals surface area contributed by atoms with Gasteiger partial charge in [-0.25, -0.2) is 0 Å². The van der Waals surface area contributed by atoms with E-state index in [2.05, 4.69) is 34.4 Å². The van der Waals surface area contributed by atoms with Gasteiger partial charge < -0.3 is 10.2 Å². The molecule has 1 fully saturated rings. The SMILES string of the molecule is CCn1cc(C(=O)NCC2CCCN(CC(C)C)C2)nn1. The van der Waals surface area contributed by atoms with E-state index in [0.717, 1.165) is 26.2 Å². The van der Waals surface area contributed by atoms with E-state index in [9.17, 15) is 4.79 Å². The molecule has 6 heteroatoms. The van der Waals surface area contributed by atoms with Gasteiger partial charge in [-0.05, 0) is 38.1 Å². The van der Waals surface area contributed by atoms with Crippen molar-refractivity contribution in [3.8, 4) is 0 Å². The van der Waals surface area contributed by atoms with Crippen LogP contribution >= 0.6 is 0 Å². The second-order valence-corrected chi connectivity index (χ2v) is 6.33. The molecule has 1 atom stereocenters. The maximum Gasteiger partial charge on any atom is 0.273 e. The van der Waals surface area contributed by atoms with Gasteiger partial charge in [0, 0.05) is 26.2 Å². The smallest absolute Gasteiger partial charge is 0.273 e. The van der Waals surface area contributed by atoms with Gasteiger partial charge in [0.15, 0.2) is 5.69 Å². The predicted molar refractivity (Wildman–Crippen MR) is 82.0 cm³/mol. The highest BCUT2D eigenvalue weighted by Gasteiger charge is 2.21. The zero-order chi connectivity index (χ0) is 15.2. The van der Waals surface area contributed by atoms with E-state index < -0.39 is 0 Å². The van der Waals surface area contributed by atoms with Crippen LogP contribution in [-0.2, 0) is 6.54 Å². The van der Waals surface area contributed by atoms with Crippen LogP contribution in [-0.4, -0.2) is 52.0 Å². The minimum atomic E-state index is -0.115. The first kappa shape index (κ1) is 15.9. The molecule has 0 aliphatic carbocycles. The average molecular weight is 293 g/mol. The molecular weight excluding hydrogens is 266 g/mol. The monoisotopic (exact) mass is 293 g/mol. The third kappa shape index (κ3) is 4.81. The van der Waals surface area contributed by atoms with E-state index in [4.69, 9.17) is 0 Å². The van der Waals surface area contributed by atoms with E-state index >= 15 is 0 Å². The number of hydrogen-bond donors (Lipinski definition) is 1. The molecule has 1 aliphatic rings. The van der Waals surface area contributed by atoms with Crippen LogP contribution in [0.3, 0.4) is 0 Å². The molecular formula is C15H27N5O. The number of piperidine rings is 1. The maximum atomic E-state index is 12.0. The maximum absolute atomic E-state index is 12.0. The second-order valence-electron chi connectivity index (χ2n) is 6.33.